The lowest BCUT2D eigenvalue weighted by molar-refractivity contribution is 0.885. The van der Waals surface area contributed by atoms with E-state index < -0.39 is 0 Å². The second-order valence-electron chi connectivity index (χ2n) is 8.46. The van der Waals surface area contributed by atoms with Gasteiger partial charge in [-0.1, -0.05) is 12.1 Å². The van der Waals surface area contributed by atoms with E-state index in [1.54, 1.807) is 12.1 Å². The molecule has 1 fully saturated rings. The summed E-state index contributed by atoms with van der Waals surface area (Å²) in [5, 5.41) is 37.3. The second kappa shape index (κ2) is 15.8. The minimum Gasteiger partial charge on any atom is -0.192 e. The van der Waals surface area contributed by atoms with E-state index in [9.17, 15) is 21.0 Å². The van der Waals surface area contributed by atoms with Crippen molar-refractivity contribution < 1.29 is 0 Å². The van der Waals surface area contributed by atoms with Crippen molar-refractivity contribution in [3.63, 3.8) is 0 Å². The molecule has 0 atom stereocenters. The van der Waals surface area contributed by atoms with Gasteiger partial charge < -0.3 is 0 Å². The van der Waals surface area contributed by atoms with E-state index in [1.807, 2.05) is 71.3 Å². The quantitative estimate of drug-likeness (QED) is 0.406. The van der Waals surface area contributed by atoms with Crippen molar-refractivity contribution in [2.45, 2.75) is 24.7 Å². The Morgan fingerprint density at radius 2 is 0.833 bits per heavy atom. The summed E-state index contributed by atoms with van der Waals surface area (Å²) in [5.74, 6) is 9.25. The summed E-state index contributed by atoms with van der Waals surface area (Å²) in [4.78, 5) is 0. The van der Waals surface area contributed by atoms with Crippen molar-refractivity contribution in [3.8, 4) is 24.3 Å². The normalized spacial score (nSPS) is 20.2. The predicted octanol–water partition coefficient (Wildman–Crippen LogP) is 6.77. The largest absolute Gasteiger partial charge is 0.192 e. The summed E-state index contributed by atoms with van der Waals surface area (Å²) in [6.45, 7) is 0. The van der Waals surface area contributed by atoms with Gasteiger partial charge in [0.2, 0.25) is 0 Å². The Hall–Kier alpha value is -2.20. The Morgan fingerprint density at radius 3 is 1.14 bits per heavy atom. The van der Waals surface area contributed by atoms with E-state index in [0.29, 0.717) is 34.1 Å². The van der Waals surface area contributed by atoms with E-state index in [4.69, 9.17) is 0 Å². The second-order valence-corrected chi connectivity index (χ2v) is 13.1. The molecule has 0 amide bonds. The van der Waals surface area contributed by atoms with Crippen molar-refractivity contribution in [1.82, 2.24) is 0 Å². The molecule has 0 radical (unpaired) electrons. The molecule has 1 aliphatic rings. The van der Waals surface area contributed by atoms with Crippen molar-refractivity contribution in [2.24, 2.45) is 0 Å². The lowest BCUT2D eigenvalue weighted by atomic mass is 9.98. The zero-order valence-electron chi connectivity index (χ0n) is 20.1. The molecule has 8 heteroatoms. The molecule has 0 unspecified atom stereocenters. The molecule has 2 aromatic carbocycles. The van der Waals surface area contributed by atoms with E-state index in [1.165, 1.54) is 0 Å². The third-order valence-electron chi connectivity index (χ3n) is 5.94. The lowest BCUT2D eigenvalue weighted by Crippen LogP contribution is -2.09. The van der Waals surface area contributed by atoms with Gasteiger partial charge in [0.25, 0.3) is 0 Å². The maximum absolute atomic E-state index is 9.43. The molecular weight excluding hydrogens is 521 g/mol. The fourth-order valence-corrected chi connectivity index (χ4v) is 9.02. The Balaban J connectivity index is 1.61. The zero-order valence-corrected chi connectivity index (χ0v) is 23.4. The van der Waals surface area contributed by atoms with Gasteiger partial charge in [-0.2, -0.15) is 68.1 Å². The smallest absolute Gasteiger partial charge is 0.101 e. The SMILES string of the molecule is N#Cc1ccc(C2CSCCCSCC(c3ccc(C#N)c(C#N)c3)CSCCCSC2)cc1C#N. The lowest BCUT2D eigenvalue weighted by Gasteiger charge is -2.19. The molecule has 4 nitrogen and oxygen atoms in total. The zero-order chi connectivity index (χ0) is 25.6. The van der Waals surface area contributed by atoms with Gasteiger partial charge in [-0.25, -0.2) is 0 Å². The minimum absolute atomic E-state index is 0.378. The molecule has 0 aromatic heterocycles. The van der Waals surface area contributed by atoms with Crippen LogP contribution >= 0.6 is 47.0 Å². The number of nitrogens with zero attached hydrogens (tertiary/aromatic N) is 4. The standard InChI is InChI=1S/C28H28N4S4/c29-13-23-5-3-21(11-25(23)15-31)27-17-33-7-1-8-34-18-28(20-36-10-2-9-35-19-27)22-4-6-24(14-30)26(12-22)16-32/h3-6,11-12,27-28H,1-2,7-10,17-20H2. The molecule has 0 aliphatic carbocycles. The maximum Gasteiger partial charge on any atom is 0.101 e. The summed E-state index contributed by atoms with van der Waals surface area (Å²) in [6.07, 6.45) is 2.28. The van der Waals surface area contributed by atoms with Crippen molar-refractivity contribution >= 4 is 47.0 Å². The Kier molecular flexibility index (Phi) is 12.5. The average molecular weight is 549 g/mol. The van der Waals surface area contributed by atoms with Gasteiger partial charge >= 0.3 is 0 Å². The first-order chi connectivity index (χ1) is 17.7. The first kappa shape index (κ1) is 28.4. The van der Waals surface area contributed by atoms with Gasteiger partial charge in [-0.05, 0) is 71.2 Å². The first-order valence-electron chi connectivity index (χ1n) is 11.9. The summed E-state index contributed by atoms with van der Waals surface area (Å²) in [5.41, 5.74) is 4.18. The van der Waals surface area contributed by atoms with E-state index in [0.717, 1.165) is 70.0 Å². The summed E-state index contributed by atoms with van der Waals surface area (Å²) in [6, 6.07) is 20.0. The van der Waals surface area contributed by atoms with Crippen LogP contribution in [-0.2, 0) is 0 Å². The van der Waals surface area contributed by atoms with Crippen LogP contribution in [0.5, 0.6) is 0 Å². The van der Waals surface area contributed by atoms with Crippen LogP contribution in [0.15, 0.2) is 36.4 Å². The molecular formula is C28H28N4S4. The highest BCUT2D eigenvalue weighted by molar-refractivity contribution is 8.01. The van der Waals surface area contributed by atoms with Crippen molar-refractivity contribution in [1.29, 1.82) is 21.0 Å². The van der Waals surface area contributed by atoms with Crippen LogP contribution in [0, 0.1) is 45.3 Å². The molecule has 0 saturated carbocycles. The van der Waals surface area contributed by atoms with Crippen LogP contribution in [0.4, 0.5) is 0 Å². The highest BCUT2D eigenvalue weighted by Gasteiger charge is 2.17. The minimum atomic E-state index is 0.378. The van der Waals surface area contributed by atoms with Gasteiger partial charge in [0.05, 0.1) is 22.3 Å². The third-order valence-corrected chi connectivity index (χ3v) is 10.8. The number of benzene rings is 2. The molecule has 3 rings (SSSR count). The molecule has 2 aromatic rings. The summed E-state index contributed by atoms with van der Waals surface area (Å²) in [7, 11) is 0. The van der Waals surface area contributed by atoms with Gasteiger partial charge in [-0.3, -0.25) is 0 Å². The van der Waals surface area contributed by atoms with Crippen LogP contribution in [0.1, 0.15) is 58.1 Å². The summed E-state index contributed by atoms with van der Waals surface area (Å²) < 4.78 is 0. The molecule has 1 saturated heterocycles. The number of hydrogen-bond acceptors (Lipinski definition) is 8. The molecule has 0 N–H and O–H groups in total. The number of nitriles is 4. The van der Waals surface area contributed by atoms with Crippen LogP contribution in [0.25, 0.3) is 0 Å². The Labute approximate surface area is 231 Å². The average Bonchev–Trinajstić information content (AvgIpc) is 2.92. The molecule has 184 valence electrons. The third kappa shape index (κ3) is 8.44. The van der Waals surface area contributed by atoms with Crippen LogP contribution in [0.2, 0.25) is 0 Å². The Morgan fingerprint density at radius 1 is 0.500 bits per heavy atom. The monoisotopic (exact) mass is 548 g/mol. The summed E-state index contributed by atoms with van der Waals surface area (Å²) >= 11 is 7.91. The van der Waals surface area contributed by atoms with Gasteiger partial charge in [0.1, 0.15) is 24.3 Å². The Bertz CT molecular complexity index is 1080. The van der Waals surface area contributed by atoms with Gasteiger partial charge in [0.15, 0.2) is 0 Å². The van der Waals surface area contributed by atoms with Crippen LogP contribution < -0.4 is 0 Å². The molecule has 1 aliphatic heterocycles. The van der Waals surface area contributed by atoms with Gasteiger partial charge in [-0.15, -0.1) is 0 Å². The van der Waals surface area contributed by atoms with Crippen LogP contribution in [-0.4, -0.2) is 46.0 Å². The number of hydrogen-bond donors (Lipinski definition) is 0. The highest BCUT2D eigenvalue weighted by atomic mass is 32.2. The van der Waals surface area contributed by atoms with Crippen molar-refractivity contribution in [2.75, 3.05) is 46.0 Å². The maximum atomic E-state index is 9.43. The molecule has 0 spiro atoms. The first-order valence-corrected chi connectivity index (χ1v) is 16.5. The topological polar surface area (TPSA) is 95.2 Å². The molecule has 0 bridgehead atoms. The van der Waals surface area contributed by atoms with Crippen molar-refractivity contribution in [3.05, 3.63) is 69.8 Å². The molecule has 36 heavy (non-hydrogen) atoms. The van der Waals surface area contributed by atoms with E-state index in [-0.39, 0.29) is 0 Å². The van der Waals surface area contributed by atoms with E-state index >= 15 is 0 Å². The number of rotatable bonds is 2. The predicted molar refractivity (Wildman–Crippen MR) is 156 cm³/mol. The molecule has 1 heterocycles. The fraction of sp³-hybridized carbons (Fsp3) is 0.429. The van der Waals surface area contributed by atoms with Gasteiger partial charge in [0, 0.05) is 34.8 Å². The van der Waals surface area contributed by atoms with Crippen LogP contribution in [0.3, 0.4) is 0 Å². The highest BCUT2D eigenvalue weighted by Crippen LogP contribution is 2.30. The number of thioether (sulfide) groups is 4. The fourth-order valence-electron chi connectivity index (χ4n) is 3.92. The van der Waals surface area contributed by atoms with E-state index in [2.05, 4.69) is 24.3 Å².